The molecule has 0 spiro atoms. The van der Waals surface area contributed by atoms with Crippen LogP contribution in [0.25, 0.3) is 0 Å². The van der Waals surface area contributed by atoms with Crippen LogP contribution in [0.2, 0.25) is 5.02 Å². The summed E-state index contributed by atoms with van der Waals surface area (Å²) in [5.41, 5.74) is 11.7. The molecule has 1 aliphatic rings. The Balaban J connectivity index is 1.85. The second-order valence-electron chi connectivity index (χ2n) is 5.41. The molecule has 3 rings (SSSR count). The normalized spacial score (nSPS) is 16.6. The molecule has 0 aliphatic carbocycles. The number of nitrogens with two attached hydrogens (primary N) is 1. The molecule has 0 amide bonds. The van der Waals surface area contributed by atoms with Crippen LogP contribution in [-0.4, -0.2) is 17.4 Å². The van der Waals surface area contributed by atoms with Crippen molar-refractivity contribution in [1.82, 2.24) is 5.43 Å². The largest absolute Gasteiger partial charge is 0.375 e. The van der Waals surface area contributed by atoms with E-state index in [-0.39, 0.29) is 11.2 Å². The minimum absolute atomic E-state index is 0.147. The lowest BCUT2D eigenvalue weighted by Gasteiger charge is -2.25. The molecule has 2 aromatic carbocycles. The van der Waals surface area contributed by atoms with Crippen molar-refractivity contribution < 1.29 is 0 Å². The van der Waals surface area contributed by atoms with Crippen molar-refractivity contribution >= 4 is 40.8 Å². The fourth-order valence-corrected chi connectivity index (χ4v) is 3.10. The Labute approximate surface area is 145 Å². The fourth-order valence-electron chi connectivity index (χ4n) is 2.83. The van der Waals surface area contributed by atoms with Gasteiger partial charge in [0.1, 0.15) is 0 Å². The molecular formula is C17H17ClN4S. The van der Waals surface area contributed by atoms with E-state index in [2.05, 4.69) is 45.8 Å². The van der Waals surface area contributed by atoms with E-state index in [9.17, 15) is 0 Å². The van der Waals surface area contributed by atoms with E-state index in [0.29, 0.717) is 0 Å². The first-order valence-electron chi connectivity index (χ1n) is 7.31. The molecule has 4 nitrogen and oxygen atoms in total. The predicted molar refractivity (Wildman–Crippen MR) is 100.0 cm³/mol. The van der Waals surface area contributed by atoms with Crippen LogP contribution in [0.1, 0.15) is 11.1 Å². The van der Waals surface area contributed by atoms with E-state index in [1.807, 2.05) is 24.4 Å². The van der Waals surface area contributed by atoms with Crippen LogP contribution in [0.3, 0.4) is 0 Å². The van der Waals surface area contributed by atoms with Crippen molar-refractivity contribution in [2.75, 3.05) is 4.90 Å². The lowest BCUT2D eigenvalue weighted by atomic mass is 10.1. The fraction of sp³-hybridized carbons (Fsp3) is 0.176. The Morgan fingerprint density at radius 3 is 2.96 bits per heavy atom. The number of fused-ring (bicyclic) bond motifs is 1. The second kappa shape index (κ2) is 6.98. The van der Waals surface area contributed by atoms with Crippen molar-refractivity contribution in [2.45, 2.75) is 19.0 Å². The van der Waals surface area contributed by atoms with Crippen LogP contribution in [-0.2, 0) is 13.0 Å². The van der Waals surface area contributed by atoms with Crippen LogP contribution in [0, 0.1) is 0 Å². The molecule has 6 heteroatoms. The minimum Gasteiger partial charge on any atom is -0.375 e. The second-order valence-corrected chi connectivity index (χ2v) is 6.29. The van der Waals surface area contributed by atoms with Gasteiger partial charge in [-0.3, -0.25) is 5.43 Å². The number of hydrogen-bond acceptors (Lipinski definition) is 3. The van der Waals surface area contributed by atoms with Crippen molar-refractivity contribution in [2.24, 2.45) is 10.8 Å². The summed E-state index contributed by atoms with van der Waals surface area (Å²) in [5, 5.41) is 5.05. The Bertz CT molecular complexity index is 747. The lowest BCUT2D eigenvalue weighted by molar-refractivity contribution is 0.760. The molecule has 118 valence electrons. The molecule has 0 fully saturated rings. The average Bonchev–Trinajstić information content (AvgIpc) is 2.85. The highest BCUT2D eigenvalue weighted by molar-refractivity contribution is 7.80. The van der Waals surface area contributed by atoms with Crippen molar-refractivity contribution in [1.29, 1.82) is 0 Å². The van der Waals surface area contributed by atoms with Crippen LogP contribution in [0.15, 0.2) is 53.6 Å². The molecule has 1 heterocycles. The van der Waals surface area contributed by atoms with Gasteiger partial charge >= 0.3 is 0 Å². The molecule has 2 aromatic rings. The highest BCUT2D eigenvalue weighted by Crippen LogP contribution is 2.32. The topological polar surface area (TPSA) is 53.6 Å². The van der Waals surface area contributed by atoms with Gasteiger partial charge in [0.2, 0.25) is 0 Å². The number of thiocarbonyl (C=S) groups is 1. The smallest absolute Gasteiger partial charge is 0.184 e. The third-order valence-electron chi connectivity index (χ3n) is 3.79. The number of benzene rings is 2. The number of nitrogens with zero attached hydrogens (tertiary/aromatic N) is 2. The molecule has 0 radical (unpaired) electrons. The number of anilines is 1. The number of hydrogen-bond donors (Lipinski definition) is 2. The van der Waals surface area contributed by atoms with E-state index in [0.717, 1.165) is 23.6 Å². The molecule has 0 unspecified atom stereocenters. The van der Waals surface area contributed by atoms with Gasteiger partial charge in [-0.25, -0.2) is 0 Å². The zero-order valence-electron chi connectivity index (χ0n) is 12.4. The van der Waals surface area contributed by atoms with Gasteiger partial charge in [0, 0.05) is 23.5 Å². The molecule has 23 heavy (non-hydrogen) atoms. The summed E-state index contributed by atoms with van der Waals surface area (Å²) >= 11 is 10.9. The maximum absolute atomic E-state index is 6.10. The Morgan fingerprint density at radius 1 is 1.35 bits per heavy atom. The molecule has 0 saturated heterocycles. The molecule has 0 aromatic heterocycles. The lowest BCUT2D eigenvalue weighted by Crippen LogP contribution is -2.34. The Hall–Kier alpha value is -2.11. The van der Waals surface area contributed by atoms with Crippen LogP contribution in [0.5, 0.6) is 0 Å². The summed E-state index contributed by atoms with van der Waals surface area (Å²) in [4.78, 5) is 2.31. The third kappa shape index (κ3) is 3.81. The van der Waals surface area contributed by atoms with Crippen molar-refractivity contribution in [3.05, 3.63) is 64.7 Å². The molecular weight excluding hydrogens is 328 g/mol. The summed E-state index contributed by atoms with van der Waals surface area (Å²) < 4.78 is 0. The maximum Gasteiger partial charge on any atom is 0.184 e. The number of hydrazone groups is 1. The first-order chi connectivity index (χ1) is 11.1. The Morgan fingerprint density at radius 2 is 2.17 bits per heavy atom. The molecule has 1 atom stereocenters. The van der Waals surface area contributed by atoms with Gasteiger partial charge in [-0.05, 0) is 48.0 Å². The highest BCUT2D eigenvalue weighted by Gasteiger charge is 2.27. The number of nitrogens with one attached hydrogen (secondary N) is 1. The minimum atomic E-state index is 0.147. The van der Waals surface area contributed by atoms with E-state index < -0.39 is 0 Å². The van der Waals surface area contributed by atoms with Gasteiger partial charge in [0.15, 0.2) is 5.11 Å². The highest BCUT2D eigenvalue weighted by atomic mass is 35.5. The predicted octanol–water partition coefficient (Wildman–Crippen LogP) is 3.09. The molecule has 0 saturated carbocycles. The van der Waals surface area contributed by atoms with Gasteiger partial charge in [-0.1, -0.05) is 41.9 Å². The Kier molecular flexibility index (Phi) is 4.79. The monoisotopic (exact) mass is 344 g/mol. The van der Waals surface area contributed by atoms with E-state index in [4.69, 9.17) is 29.6 Å². The number of rotatable bonds is 4. The van der Waals surface area contributed by atoms with Crippen LogP contribution in [0.4, 0.5) is 5.69 Å². The van der Waals surface area contributed by atoms with Crippen molar-refractivity contribution in [3.8, 4) is 0 Å². The van der Waals surface area contributed by atoms with Gasteiger partial charge in [-0.15, -0.1) is 0 Å². The van der Waals surface area contributed by atoms with Crippen molar-refractivity contribution in [3.63, 3.8) is 0 Å². The summed E-state index contributed by atoms with van der Waals surface area (Å²) in [7, 11) is 0. The van der Waals surface area contributed by atoms with Gasteiger partial charge in [0.05, 0.1) is 6.04 Å². The SMILES string of the molecule is NC(=S)NN=C[C@@H]1Cc2ccccc2N1Cc1cccc(Cl)c1. The summed E-state index contributed by atoms with van der Waals surface area (Å²) in [5.74, 6) is 0. The van der Waals surface area contributed by atoms with Gasteiger partial charge in [-0.2, -0.15) is 5.10 Å². The standard InChI is InChI=1S/C17H17ClN4S/c18-14-6-3-4-12(8-14)11-22-15(10-20-21-17(19)23)9-13-5-1-2-7-16(13)22/h1-8,10,15H,9,11H2,(H3,19,21,23)/t15-/m0/s1. The summed E-state index contributed by atoms with van der Waals surface area (Å²) in [6.45, 7) is 0.765. The zero-order valence-corrected chi connectivity index (χ0v) is 14.0. The molecule has 0 bridgehead atoms. The first kappa shape index (κ1) is 15.8. The maximum atomic E-state index is 6.10. The summed E-state index contributed by atoms with van der Waals surface area (Å²) in [6, 6.07) is 16.5. The van der Waals surface area contributed by atoms with Crippen LogP contribution < -0.4 is 16.1 Å². The molecule has 3 N–H and O–H groups in total. The van der Waals surface area contributed by atoms with E-state index >= 15 is 0 Å². The number of para-hydroxylation sites is 1. The average molecular weight is 345 g/mol. The van der Waals surface area contributed by atoms with Gasteiger partial charge < -0.3 is 10.6 Å². The van der Waals surface area contributed by atoms with E-state index in [1.54, 1.807) is 0 Å². The van der Waals surface area contributed by atoms with Crippen LogP contribution >= 0.6 is 23.8 Å². The van der Waals surface area contributed by atoms with E-state index in [1.165, 1.54) is 11.3 Å². The first-order valence-corrected chi connectivity index (χ1v) is 8.10. The van der Waals surface area contributed by atoms with Gasteiger partial charge in [0.25, 0.3) is 0 Å². The third-order valence-corrected chi connectivity index (χ3v) is 4.12. The quantitative estimate of drug-likeness (QED) is 0.508. The zero-order chi connectivity index (χ0) is 16.2. The number of halogens is 1. The summed E-state index contributed by atoms with van der Waals surface area (Å²) in [6.07, 6.45) is 2.75. The molecule has 1 aliphatic heterocycles.